The molecule has 12 heteroatoms. The van der Waals surface area contributed by atoms with Gasteiger partial charge in [-0.05, 0) is 77.9 Å². The number of carbonyl (C=O) groups is 2. The number of carboxylic acid groups (broad SMARTS) is 1. The van der Waals surface area contributed by atoms with E-state index in [9.17, 15) is 27.9 Å². The fourth-order valence-electron chi connectivity index (χ4n) is 4.76. The molecule has 1 amide bonds. The first-order chi connectivity index (χ1) is 20.1. The number of amides is 1. The first-order valence-corrected chi connectivity index (χ1v) is 13.9. The molecular weight excluding hydrogens is 571 g/mol. The highest BCUT2D eigenvalue weighted by Crippen LogP contribution is 2.34. The number of thiazole rings is 1. The van der Waals surface area contributed by atoms with Crippen LogP contribution in [-0.2, 0) is 17.6 Å². The Morgan fingerprint density at radius 3 is 2.36 bits per heavy atom. The molecule has 0 saturated heterocycles. The second kappa shape index (κ2) is 12.2. The number of alkyl halides is 3. The van der Waals surface area contributed by atoms with Crippen LogP contribution in [0.15, 0.2) is 72.1 Å². The van der Waals surface area contributed by atoms with Gasteiger partial charge in [0.25, 0.3) is 5.91 Å². The maximum atomic E-state index is 12.5. The Balaban J connectivity index is 1.37. The van der Waals surface area contributed by atoms with Gasteiger partial charge in [0.1, 0.15) is 5.75 Å². The number of ether oxygens (including phenoxy) is 1. The molecule has 1 heterocycles. The monoisotopic (exact) mass is 597 g/mol. The summed E-state index contributed by atoms with van der Waals surface area (Å²) in [6.45, 7) is -0.417. The highest BCUT2D eigenvalue weighted by atomic mass is 32.1. The Bertz CT molecular complexity index is 1570. The molecule has 1 aliphatic carbocycles. The number of nitrogens with one attached hydrogen (secondary N) is 2. The third kappa shape index (κ3) is 7.07. The van der Waals surface area contributed by atoms with Crippen molar-refractivity contribution in [2.75, 3.05) is 11.9 Å². The van der Waals surface area contributed by atoms with Crippen LogP contribution in [0.5, 0.6) is 5.75 Å². The van der Waals surface area contributed by atoms with Crippen LogP contribution in [0.3, 0.4) is 0 Å². The van der Waals surface area contributed by atoms with Crippen LogP contribution in [0.1, 0.15) is 45.1 Å². The number of halogens is 3. The molecule has 0 radical (unpaired) electrons. The Morgan fingerprint density at radius 1 is 0.976 bits per heavy atom. The minimum absolute atomic E-state index is 0.304. The number of hydrogen-bond donors (Lipinski definition) is 4. The van der Waals surface area contributed by atoms with Gasteiger partial charge in [-0.25, -0.2) is 9.78 Å². The maximum absolute atomic E-state index is 12.5. The minimum Gasteiger partial charge on any atom is -0.479 e. The number of rotatable bonds is 10. The van der Waals surface area contributed by atoms with E-state index in [-0.39, 0.29) is 11.8 Å². The highest BCUT2D eigenvalue weighted by Gasteiger charge is 2.31. The van der Waals surface area contributed by atoms with Crippen LogP contribution < -0.4 is 15.4 Å². The van der Waals surface area contributed by atoms with Crippen LogP contribution in [-0.4, -0.2) is 46.1 Å². The van der Waals surface area contributed by atoms with Gasteiger partial charge in [0.15, 0.2) is 11.2 Å². The summed E-state index contributed by atoms with van der Waals surface area (Å²) in [5.41, 5.74) is 5.98. The molecule has 0 fully saturated rings. The minimum atomic E-state index is -4.77. The lowest BCUT2D eigenvalue weighted by molar-refractivity contribution is -0.274. The Morgan fingerprint density at radius 2 is 1.67 bits per heavy atom. The van der Waals surface area contributed by atoms with E-state index in [1.54, 1.807) is 29.6 Å². The number of carbonyl (C=O) groups excluding carboxylic acids is 1. The number of aliphatic hydroxyl groups excluding tert-OH is 1. The summed E-state index contributed by atoms with van der Waals surface area (Å²) in [7, 11) is 0. The third-order valence-electron chi connectivity index (χ3n) is 6.86. The number of hydrogen-bond acceptors (Lipinski definition) is 7. The van der Waals surface area contributed by atoms with E-state index in [2.05, 4.69) is 38.6 Å². The van der Waals surface area contributed by atoms with Gasteiger partial charge < -0.3 is 25.6 Å². The van der Waals surface area contributed by atoms with E-state index >= 15 is 0 Å². The number of aromatic nitrogens is 1. The van der Waals surface area contributed by atoms with E-state index in [0.717, 1.165) is 30.4 Å². The Hall–Kier alpha value is -4.42. The zero-order chi connectivity index (χ0) is 29.9. The summed E-state index contributed by atoms with van der Waals surface area (Å²) in [6, 6.07) is 18.4. The van der Waals surface area contributed by atoms with Gasteiger partial charge in [0, 0.05) is 16.5 Å². The molecule has 0 spiro atoms. The lowest BCUT2D eigenvalue weighted by atomic mass is 9.95. The lowest BCUT2D eigenvalue weighted by Gasteiger charge is -2.21. The van der Waals surface area contributed by atoms with E-state index in [1.165, 1.54) is 46.7 Å². The first kappa shape index (κ1) is 29.1. The zero-order valence-corrected chi connectivity index (χ0v) is 22.8. The van der Waals surface area contributed by atoms with Crippen LogP contribution in [0.25, 0.3) is 11.3 Å². The van der Waals surface area contributed by atoms with Crippen molar-refractivity contribution in [3.63, 3.8) is 0 Å². The predicted molar refractivity (Wildman–Crippen MR) is 151 cm³/mol. The predicted octanol–water partition coefficient (Wildman–Crippen LogP) is 5.57. The zero-order valence-electron chi connectivity index (χ0n) is 22.0. The van der Waals surface area contributed by atoms with Crippen molar-refractivity contribution in [1.82, 2.24) is 10.3 Å². The smallest absolute Gasteiger partial charge is 0.479 e. The SMILES string of the molecule is O=C(NC[C@@H](O)C(=O)O)c1ccc(C(Nc2nc(-c3ccc(OC(F)(F)F)cc3)cs2)c2ccc3c(c2)CCC3)cc1. The van der Waals surface area contributed by atoms with Gasteiger partial charge in [-0.1, -0.05) is 30.3 Å². The van der Waals surface area contributed by atoms with Gasteiger partial charge in [0.05, 0.1) is 18.3 Å². The van der Waals surface area contributed by atoms with Crippen LogP contribution in [0.4, 0.5) is 18.3 Å². The van der Waals surface area contributed by atoms with Gasteiger partial charge in [0.2, 0.25) is 0 Å². The van der Waals surface area contributed by atoms with Gasteiger partial charge in [-0.2, -0.15) is 0 Å². The number of aliphatic carboxylic acids is 1. The molecule has 0 aliphatic heterocycles. The van der Waals surface area contributed by atoms with E-state index in [0.29, 0.717) is 22.0 Å². The number of carboxylic acids is 1. The van der Waals surface area contributed by atoms with E-state index in [1.807, 2.05) is 0 Å². The Kier molecular flexibility index (Phi) is 8.46. The molecule has 218 valence electrons. The van der Waals surface area contributed by atoms with Crippen molar-refractivity contribution in [2.24, 2.45) is 0 Å². The summed E-state index contributed by atoms with van der Waals surface area (Å²) >= 11 is 1.35. The largest absolute Gasteiger partial charge is 0.573 e. The lowest BCUT2D eigenvalue weighted by Crippen LogP contribution is -2.36. The second-order valence-corrected chi connectivity index (χ2v) is 10.6. The van der Waals surface area contributed by atoms with Crippen LogP contribution in [0, 0.1) is 0 Å². The van der Waals surface area contributed by atoms with Crippen molar-refractivity contribution >= 4 is 28.3 Å². The number of fused-ring (bicyclic) bond motifs is 1. The number of benzene rings is 3. The van der Waals surface area contributed by atoms with Crippen molar-refractivity contribution in [3.8, 4) is 17.0 Å². The number of anilines is 1. The van der Waals surface area contributed by atoms with Crippen molar-refractivity contribution in [2.45, 2.75) is 37.8 Å². The summed E-state index contributed by atoms with van der Waals surface area (Å²) in [4.78, 5) is 27.9. The van der Waals surface area contributed by atoms with Gasteiger partial charge >= 0.3 is 12.3 Å². The Labute approximate surface area is 242 Å². The fourth-order valence-corrected chi connectivity index (χ4v) is 5.51. The standard InChI is InChI=1S/C30H26F3N3O5S/c31-30(32,33)41-23-12-10-18(11-13-23)24-16-42-29(35-24)36-26(22-9-4-17-2-1-3-21(17)14-22)19-5-7-20(8-6-19)27(38)34-15-25(37)28(39)40/h4-14,16,25-26,37H,1-3,15H2,(H,34,38)(H,35,36)(H,39,40)/t25-,26?/m1/s1. The number of aryl methyl sites for hydroxylation is 2. The van der Waals surface area contributed by atoms with Crippen molar-refractivity contribution in [1.29, 1.82) is 0 Å². The molecule has 1 aliphatic rings. The number of nitrogens with zero attached hydrogens (tertiary/aromatic N) is 1. The van der Waals surface area contributed by atoms with Crippen molar-refractivity contribution < 1.29 is 37.7 Å². The molecule has 1 aromatic heterocycles. The molecule has 5 rings (SSSR count). The van der Waals surface area contributed by atoms with E-state index < -0.39 is 30.9 Å². The fraction of sp³-hybridized carbons (Fsp3) is 0.233. The molecule has 1 unspecified atom stereocenters. The topological polar surface area (TPSA) is 121 Å². The summed E-state index contributed by atoms with van der Waals surface area (Å²) < 4.78 is 41.5. The van der Waals surface area contributed by atoms with Gasteiger partial charge in [-0.15, -0.1) is 24.5 Å². The molecule has 4 aromatic rings. The summed E-state index contributed by atoms with van der Waals surface area (Å²) in [5, 5.41) is 26.5. The first-order valence-electron chi connectivity index (χ1n) is 13.0. The second-order valence-electron chi connectivity index (χ2n) is 9.76. The summed E-state index contributed by atoms with van der Waals surface area (Å²) in [6.07, 6.45) is -3.34. The average Bonchev–Trinajstić information content (AvgIpc) is 3.63. The molecule has 3 aromatic carbocycles. The maximum Gasteiger partial charge on any atom is 0.573 e. The van der Waals surface area contributed by atoms with E-state index in [4.69, 9.17) is 5.11 Å². The molecule has 0 saturated carbocycles. The highest BCUT2D eigenvalue weighted by molar-refractivity contribution is 7.14. The summed E-state index contributed by atoms with van der Waals surface area (Å²) in [5.74, 6) is -2.25. The van der Waals surface area contributed by atoms with Crippen LogP contribution in [0.2, 0.25) is 0 Å². The van der Waals surface area contributed by atoms with Crippen molar-refractivity contribution in [3.05, 3.63) is 99.9 Å². The molecule has 42 heavy (non-hydrogen) atoms. The number of aliphatic hydroxyl groups is 1. The average molecular weight is 598 g/mol. The normalized spacial score (nSPS) is 14.1. The quantitative estimate of drug-likeness (QED) is 0.189. The molecule has 4 N–H and O–H groups in total. The molecule has 2 atom stereocenters. The molecule has 8 nitrogen and oxygen atoms in total. The molecular formula is C30H26F3N3O5S. The van der Waals surface area contributed by atoms with Gasteiger partial charge in [-0.3, -0.25) is 4.79 Å². The van der Waals surface area contributed by atoms with Crippen LogP contribution >= 0.6 is 11.3 Å². The third-order valence-corrected chi connectivity index (χ3v) is 7.63. The molecule has 0 bridgehead atoms.